The molecular weight excluding hydrogens is 713 g/mol. The monoisotopic (exact) mass is 742 g/mol. The minimum Gasteiger partial charge on any atom is -0.309 e. The lowest BCUT2D eigenvalue weighted by molar-refractivity contribution is 1.08. The highest BCUT2D eigenvalue weighted by Crippen LogP contribution is 2.43. The molecular formula is C52H30N4S. The Balaban J connectivity index is 1.10. The summed E-state index contributed by atoms with van der Waals surface area (Å²) in [5.41, 5.74) is 7.77. The third kappa shape index (κ3) is 4.37. The second-order valence-corrected chi connectivity index (χ2v) is 16.0. The average Bonchev–Trinajstić information content (AvgIpc) is 3.91. The molecule has 57 heavy (non-hydrogen) atoms. The largest absolute Gasteiger partial charge is 0.309 e. The van der Waals surface area contributed by atoms with Crippen molar-refractivity contribution in [1.82, 2.24) is 19.1 Å². The molecule has 0 aliphatic heterocycles. The predicted octanol–water partition coefficient (Wildman–Crippen LogP) is 14.2. The molecule has 5 heteroatoms. The first-order valence-corrected chi connectivity index (χ1v) is 20.1. The summed E-state index contributed by atoms with van der Waals surface area (Å²) in [7, 11) is 0. The summed E-state index contributed by atoms with van der Waals surface area (Å²) < 4.78 is 7.30. The fourth-order valence-corrected chi connectivity index (χ4v) is 10.5. The zero-order valence-corrected chi connectivity index (χ0v) is 31.3. The van der Waals surface area contributed by atoms with Crippen molar-refractivity contribution in [2.45, 2.75) is 0 Å². The van der Waals surface area contributed by atoms with Gasteiger partial charge in [0.15, 0.2) is 5.82 Å². The molecule has 0 N–H and O–H groups in total. The average molecular weight is 743 g/mol. The van der Waals surface area contributed by atoms with Crippen LogP contribution in [0.15, 0.2) is 182 Å². The molecule has 0 saturated heterocycles. The Bertz CT molecular complexity index is 3830. The number of fused-ring (bicyclic) bond motifs is 12. The van der Waals surface area contributed by atoms with Crippen molar-refractivity contribution in [3.05, 3.63) is 182 Å². The maximum atomic E-state index is 5.52. The van der Waals surface area contributed by atoms with Crippen LogP contribution in [0, 0.1) is 0 Å². The van der Waals surface area contributed by atoms with Crippen LogP contribution >= 0.6 is 11.3 Å². The summed E-state index contributed by atoms with van der Waals surface area (Å²) in [6, 6.07) is 66.0. The van der Waals surface area contributed by atoms with E-state index in [1.807, 2.05) is 11.3 Å². The van der Waals surface area contributed by atoms with Gasteiger partial charge in [0.1, 0.15) is 5.82 Å². The van der Waals surface area contributed by atoms with Gasteiger partial charge in [0, 0.05) is 58.1 Å². The summed E-state index contributed by atoms with van der Waals surface area (Å²) in [6.45, 7) is 0. The first-order valence-electron chi connectivity index (χ1n) is 19.3. The van der Waals surface area contributed by atoms with E-state index in [0.717, 1.165) is 39.1 Å². The number of aromatic nitrogens is 4. The number of hydrogen-bond acceptors (Lipinski definition) is 3. The molecule has 13 rings (SSSR count). The molecule has 4 aromatic heterocycles. The van der Waals surface area contributed by atoms with Gasteiger partial charge in [-0.2, -0.15) is 0 Å². The van der Waals surface area contributed by atoms with Gasteiger partial charge in [-0.05, 0) is 82.9 Å². The van der Waals surface area contributed by atoms with Crippen LogP contribution in [0.3, 0.4) is 0 Å². The molecule has 264 valence electrons. The van der Waals surface area contributed by atoms with Crippen LogP contribution < -0.4 is 0 Å². The van der Waals surface area contributed by atoms with Crippen LogP contribution in [0.25, 0.3) is 119 Å². The van der Waals surface area contributed by atoms with Gasteiger partial charge in [0.2, 0.25) is 0 Å². The zero-order valence-electron chi connectivity index (χ0n) is 30.5. The van der Waals surface area contributed by atoms with Crippen molar-refractivity contribution >= 4 is 108 Å². The molecule has 0 atom stereocenters. The predicted molar refractivity (Wildman–Crippen MR) is 242 cm³/mol. The van der Waals surface area contributed by atoms with Crippen LogP contribution in [0.1, 0.15) is 0 Å². The molecule has 4 nitrogen and oxygen atoms in total. The van der Waals surface area contributed by atoms with Crippen molar-refractivity contribution in [3.63, 3.8) is 0 Å². The summed E-state index contributed by atoms with van der Waals surface area (Å²) >= 11 is 1.81. The number of benzene rings is 9. The first kappa shape index (κ1) is 30.9. The maximum absolute atomic E-state index is 5.52. The lowest BCUT2D eigenvalue weighted by Gasteiger charge is -2.14. The minimum absolute atomic E-state index is 0.730. The highest BCUT2D eigenvalue weighted by atomic mass is 32.1. The molecule has 4 heterocycles. The van der Waals surface area contributed by atoms with Crippen molar-refractivity contribution < 1.29 is 0 Å². The third-order valence-corrected chi connectivity index (χ3v) is 13.1. The van der Waals surface area contributed by atoms with E-state index < -0.39 is 0 Å². The van der Waals surface area contributed by atoms with Gasteiger partial charge in [-0.15, -0.1) is 11.3 Å². The molecule has 9 aromatic carbocycles. The summed E-state index contributed by atoms with van der Waals surface area (Å²) in [4.78, 5) is 10.8. The summed E-state index contributed by atoms with van der Waals surface area (Å²) in [5.74, 6) is 1.61. The van der Waals surface area contributed by atoms with E-state index in [1.165, 1.54) is 80.0 Å². The van der Waals surface area contributed by atoms with Gasteiger partial charge in [0.25, 0.3) is 0 Å². The van der Waals surface area contributed by atoms with Gasteiger partial charge in [-0.3, -0.25) is 4.57 Å². The molecule has 0 unspecified atom stereocenters. The van der Waals surface area contributed by atoms with Gasteiger partial charge in [-0.25, -0.2) is 9.97 Å². The van der Waals surface area contributed by atoms with Crippen LogP contribution in [0.2, 0.25) is 0 Å². The fourth-order valence-electron chi connectivity index (χ4n) is 9.34. The molecule has 0 spiro atoms. The Labute approximate surface area is 330 Å². The van der Waals surface area contributed by atoms with E-state index in [0.29, 0.717) is 0 Å². The molecule has 0 fully saturated rings. The van der Waals surface area contributed by atoms with Gasteiger partial charge >= 0.3 is 0 Å². The van der Waals surface area contributed by atoms with Crippen molar-refractivity contribution in [1.29, 1.82) is 0 Å². The van der Waals surface area contributed by atoms with Crippen molar-refractivity contribution in [2.75, 3.05) is 0 Å². The molecule has 0 aliphatic rings. The Kier molecular flexibility index (Phi) is 6.29. The smallest absolute Gasteiger partial charge is 0.163 e. The third-order valence-electron chi connectivity index (χ3n) is 11.9. The van der Waals surface area contributed by atoms with E-state index in [9.17, 15) is 0 Å². The Hall–Kier alpha value is -7.34. The van der Waals surface area contributed by atoms with Crippen LogP contribution in [0.5, 0.6) is 0 Å². The van der Waals surface area contributed by atoms with Crippen molar-refractivity contribution in [2.24, 2.45) is 0 Å². The lowest BCUT2D eigenvalue weighted by Crippen LogP contribution is -2.03. The number of thiophene rings is 1. The van der Waals surface area contributed by atoms with E-state index in [2.05, 4.69) is 191 Å². The molecule has 0 bridgehead atoms. The summed E-state index contributed by atoms with van der Waals surface area (Å²) in [5, 5.41) is 13.3. The van der Waals surface area contributed by atoms with E-state index in [-0.39, 0.29) is 0 Å². The van der Waals surface area contributed by atoms with Crippen LogP contribution in [-0.4, -0.2) is 19.1 Å². The van der Waals surface area contributed by atoms with Gasteiger partial charge in [-0.1, -0.05) is 115 Å². The normalized spacial score (nSPS) is 12.2. The maximum Gasteiger partial charge on any atom is 0.163 e. The topological polar surface area (TPSA) is 35.6 Å². The molecule has 0 radical (unpaired) electrons. The highest BCUT2D eigenvalue weighted by molar-refractivity contribution is 7.26. The first-order chi connectivity index (χ1) is 28.3. The van der Waals surface area contributed by atoms with Crippen LogP contribution in [-0.2, 0) is 0 Å². The Morgan fingerprint density at radius 3 is 1.81 bits per heavy atom. The zero-order chi connectivity index (χ0) is 37.2. The molecule has 13 aromatic rings. The number of nitrogens with zero attached hydrogens (tertiary/aromatic N) is 4. The molecule has 0 aliphatic carbocycles. The Morgan fingerprint density at radius 2 is 0.965 bits per heavy atom. The highest BCUT2D eigenvalue weighted by Gasteiger charge is 2.21. The standard InChI is InChI=1S/C52H30N4S/c1-2-14-32-28-47-41(27-31(32)13-1)34-16-4-8-23-44(34)55(47)46-25-11-15-33-29-48-42(30-40(33)46)35-17-5-9-24-45(35)56(48)52-38-19-3-7-22-43(38)53-51(54-52)39-21-12-20-37-36-18-6-10-26-49(36)57-50(37)39/h1-30H. The van der Waals surface area contributed by atoms with Gasteiger partial charge in [0.05, 0.1) is 33.3 Å². The molecule has 0 saturated carbocycles. The van der Waals surface area contributed by atoms with Gasteiger partial charge < -0.3 is 4.57 Å². The second kappa shape index (κ2) is 11.6. The quantitative estimate of drug-likeness (QED) is 0.181. The SMILES string of the molecule is c1ccc2cc3c(cc2c1)c1ccccc1n3-c1cccc2cc3c(cc12)c1ccccc1n3-c1nc(-c2cccc3c2sc2ccccc23)nc2ccccc12. The number of para-hydroxylation sites is 3. The molecule has 0 amide bonds. The second-order valence-electron chi connectivity index (χ2n) is 15.0. The van der Waals surface area contributed by atoms with E-state index in [1.54, 1.807) is 0 Å². The van der Waals surface area contributed by atoms with E-state index >= 15 is 0 Å². The number of rotatable bonds is 3. The van der Waals surface area contributed by atoms with Crippen LogP contribution in [0.4, 0.5) is 0 Å². The summed E-state index contributed by atoms with van der Waals surface area (Å²) in [6.07, 6.45) is 0. The van der Waals surface area contributed by atoms with E-state index in [4.69, 9.17) is 9.97 Å². The Morgan fingerprint density at radius 1 is 0.368 bits per heavy atom. The number of hydrogen-bond donors (Lipinski definition) is 0. The lowest BCUT2D eigenvalue weighted by atomic mass is 10.0. The minimum atomic E-state index is 0.730. The van der Waals surface area contributed by atoms with Crippen molar-refractivity contribution in [3.8, 4) is 22.9 Å². The fraction of sp³-hybridized carbons (Fsp3) is 0.